The number of rotatable bonds is 0. The van der Waals surface area contributed by atoms with Crippen molar-refractivity contribution in [3.05, 3.63) is 35.4 Å². The Morgan fingerprint density at radius 2 is 2.17 bits per heavy atom. The fourth-order valence-corrected chi connectivity index (χ4v) is 1.57. The molecule has 1 heteroatoms. The van der Waals surface area contributed by atoms with Crippen molar-refractivity contribution in [2.45, 2.75) is 6.42 Å². The number of benzene rings is 1. The summed E-state index contributed by atoms with van der Waals surface area (Å²) in [6, 6.07) is 7.61. The minimum Gasteiger partial charge on any atom is -0.293 e. The van der Waals surface area contributed by atoms with Crippen LogP contribution >= 0.6 is 0 Å². The molecule has 0 aromatic heterocycles. The second kappa shape index (κ2) is 2.49. The average molecular weight is 156 g/mol. The summed E-state index contributed by atoms with van der Waals surface area (Å²) < 4.78 is 0. The van der Waals surface area contributed by atoms with E-state index in [0.717, 1.165) is 11.1 Å². The summed E-state index contributed by atoms with van der Waals surface area (Å²) in [5, 5.41) is 0. The van der Waals surface area contributed by atoms with Gasteiger partial charge >= 0.3 is 0 Å². The van der Waals surface area contributed by atoms with Crippen molar-refractivity contribution in [2.24, 2.45) is 5.92 Å². The molecule has 0 amide bonds. The van der Waals surface area contributed by atoms with Gasteiger partial charge in [0.15, 0.2) is 5.78 Å². The van der Waals surface area contributed by atoms with Crippen LogP contribution in [0.1, 0.15) is 15.9 Å². The third-order valence-corrected chi connectivity index (χ3v) is 2.22. The maximum Gasteiger partial charge on any atom is 0.178 e. The standard InChI is InChI=1S/C11H8O/c1-2-8-7-9-5-3-4-6-10(9)11(8)12/h1,3-6,8H,7H2. The van der Waals surface area contributed by atoms with Crippen molar-refractivity contribution in [2.75, 3.05) is 0 Å². The first-order valence-electron chi connectivity index (χ1n) is 3.91. The van der Waals surface area contributed by atoms with E-state index in [1.807, 2.05) is 24.3 Å². The van der Waals surface area contributed by atoms with Crippen molar-refractivity contribution in [1.82, 2.24) is 0 Å². The molecule has 1 aliphatic rings. The Morgan fingerprint density at radius 3 is 2.83 bits per heavy atom. The zero-order valence-corrected chi connectivity index (χ0v) is 6.58. The Morgan fingerprint density at radius 1 is 1.42 bits per heavy atom. The van der Waals surface area contributed by atoms with Gasteiger partial charge in [-0.05, 0) is 12.0 Å². The molecule has 1 atom stereocenters. The quantitative estimate of drug-likeness (QED) is 0.522. The van der Waals surface area contributed by atoms with Gasteiger partial charge in [0.2, 0.25) is 0 Å². The zero-order valence-electron chi connectivity index (χ0n) is 6.58. The van der Waals surface area contributed by atoms with E-state index in [1.54, 1.807) is 0 Å². The maximum absolute atomic E-state index is 11.5. The molecule has 0 saturated carbocycles. The second-order valence-electron chi connectivity index (χ2n) is 2.94. The van der Waals surface area contributed by atoms with Crippen LogP contribution in [-0.2, 0) is 6.42 Å². The van der Waals surface area contributed by atoms with Gasteiger partial charge < -0.3 is 0 Å². The minimum atomic E-state index is -0.220. The third-order valence-electron chi connectivity index (χ3n) is 2.22. The Kier molecular flexibility index (Phi) is 1.48. The molecule has 0 heterocycles. The van der Waals surface area contributed by atoms with E-state index in [-0.39, 0.29) is 11.7 Å². The molecule has 0 N–H and O–H groups in total. The van der Waals surface area contributed by atoms with Crippen molar-refractivity contribution in [1.29, 1.82) is 0 Å². The highest BCUT2D eigenvalue weighted by Crippen LogP contribution is 2.25. The zero-order chi connectivity index (χ0) is 8.55. The Balaban J connectivity index is 2.51. The molecular weight excluding hydrogens is 148 g/mol. The lowest BCUT2D eigenvalue weighted by atomic mass is 10.1. The molecule has 1 aliphatic carbocycles. The number of terminal acetylenes is 1. The SMILES string of the molecule is C#CC1Cc2ccccc2C1=O. The molecule has 0 saturated heterocycles. The molecule has 0 fully saturated rings. The summed E-state index contributed by atoms with van der Waals surface area (Å²) in [4.78, 5) is 11.5. The number of hydrogen-bond donors (Lipinski definition) is 0. The largest absolute Gasteiger partial charge is 0.293 e. The van der Waals surface area contributed by atoms with Gasteiger partial charge in [0.25, 0.3) is 0 Å². The van der Waals surface area contributed by atoms with Gasteiger partial charge in [-0.25, -0.2) is 0 Å². The Bertz CT molecular complexity index is 371. The van der Waals surface area contributed by atoms with Gasteiger partial charge in [0, 0.05) is 5.56 Å². The van der Waals surface area contributed by atoms with Gasteiger partial charge in [-0.15, -0.1) is 6.42 Å². The molecule has 1 aromatic rings. The fourth-order valence-electron chi connectivity index (χ4n) is 1.57. The van der Waals surface area contributed by atoms with E-state index in [0.29, 0.717) is 6.42 Å². The fraction of sp³-hybridized carbons (Fsp3) is 0.182. The van der Waals surface area contributed by atoms with Gasteiger partial charge in [0.1, 0.15) is 0 Å². The minimum absolute atomic E-state index is 0.105. The molecule has 1 nitrogen and oxygen atoms in total. The van der Waals surface area contributed by atoms with Crippen molar-refractivity contribution in [3.8, 4) is 12.3 Å². The second-order valence-corrected chi connectivity index (χ2v) is 2.94. The number of carbonyl (C=O) groups excluding carboxylic acids is 1. The lowest BCUT2D eigenvalue weighted by Crippen LogP contribution is -2.05. The molecule has 58 valence electrons. The van der Waals surface area contributed by atoms with Crippen LogP contribution in [0.3, 0.4) is 0 Å². The third kappa shape index (κ3) is 0.853. The maximum atomic E-state index is 11.5. The first-order valence-corrected chi connectivity index (χ1v) is 3.91. The van der Waals surface area contributed by atoms with Gasteiger partial charge in [-0.2, -0.15) is 0 Å². The predicted octanol–water partition coefficient (Wildman–Crippen LogP) is 1.67. The lowest BCUT2D eigenvalue weighted by molar-refractivity contribution is 0.0964. The normalized spacial score (nSPS) is 20.2. The van der Waals surface area contributed by atoms with Gasteiger partial charge in [-0.1, -0.05) is 30.2 Å². The van der Waals surface area contributed by atoms with Crippen LogP contribution in [-0.4, -0.2) is 5.78 Å². The summed E-state index contributed by atoms with van der Waals surface area (Å²) in [5.41, 5.74) is 1.89. The van der Waals surface area contributed by atoms with Gasteiger partial charge in [-0.3, -0.25) is 4.79 Å². The van der Waals surface area contributed by atoms with Crippen LogP contribution in [0.15, 0.2) is 24.3 Å². The van der Waals surface area contributed by atoms with Crippen molar-refractivity contribution >= 4 is 5.78 Å². The van der Waals surface area contributed by atoms with E-state index in [2.05, 4.69) is 5.92 Å². The van der Waals surface area contributed by atoms with Crippen LogP contribution in [0.2, 0.25) is 0 Å². The monoisotopic (exact) mass is 156 g/mol. The number of ketones is 1. The topological polar surface area (TPSA) is 17.1 Å². The highest BCUT2D eigenvalue weighted by molar-refractivity contribution is 6.03. The van der Waals surface area contributed by atoms with E-state index in [1.165, 1.54) is 0 Å². The number of hydrogen-bond acceptors (Lipinski definition) is 1. The van der Waals surface area contributed by atoms with Crippen LogP contribution in [0.4, 0.5) is 0 Å². The van der Waals surface area contributed by atoms with Crippen LogP contribution in [0.25, 0.3) is 0 Å². The summed E-state index contributed by atoms with van der Waals surface area (Å²) >= 11 is 0. The van der Waals surface area contributed by atoms with E-state index >= 15 is 0 Å². The van der Waals surface area contributed by atoms with Crippen molar-refractivity contribution in [3.63, 3.8) is 0 Å². The predicted molar refractivity (Wildman–Crippen MR) is 46.8 cm³/mol. The van der Waals surface area contributed by atoms with E-state index in [9.17, 15) is 4.79 Å². The number of carbonyl (C=O) groups is 1. The summed E-state index contributed by atoms with van der Waals surface area (Å²) in [5.74, 6) is 2.40. The number of Topliss-reactive ketones (excluding diaryl/α,β-unsaturated/α-hetero) is 1. The number of fused-ring (bicyclic) bond motifs is 1. The highest BCUT2D eigenvalue weighted by Gasteiger charge is 2.27. The first kappa shape index (κ1) is 7.12. The molecular formula is C11H8O. The molecule has 0 aliphatic heterocycles. The van der Waals surface area contributed by atoms with E-state index in [4.69, 9.17) is 6.42 Å². The molecule has 0 radical (unpaired) electrons. The summed E-state index contributed by atoms with van der Waals surface area (Å²) in [7, 11) is 0. The van der Waals surface area contributed by atoms with E-state index < -0.39 is 0 Å². The Labute approximate surface area is 71.4 Å². The average Bonchev–Trinajstić information content (AvgIpc) is 2.44. The van der Waals surface area contributed by atoms with Crippen LogP contribution in [0.5, 0.6) is 0 Å². The molecule has 0 bridgehead atoms. The molecule has 1 unspecified atom stereocenters. The first-order chi connectivity index (χ1) is 5.83. The Hall–Kier alpha value is -1.55. The van der Waals surface area contributed by atoms with Crippen molar-refractivity contribution < 1.29 is 4.79 Å². The van der Waals surface area contributed by atoms with Crippen LogP contribution in [0, 0.1) is 18.3 Å². The lowest BCUT2D eigenvalue weighted by Gasteiger charge is -1.93. The highest BCUT2D eigenvalue weighted by atomic mass is 16.1. The van der Waals surface area contributed by atoms with Gasteiger partial charge in [0.05, 0.1) is 5.92 Å². The molecule has 2 rings (SSSR count). The summed E-state index contributed by atoms with van der Waals surface area (Å²) in [6.07, 6.45) is 5.95. The summed E-state index contributed by atoms with van der Waals surface area (Å²) in [6.45, 7) is 0. The van der Waals surface area contributed by atoms with Crippen LogP contribution < -0.4 is 0 Å². The smallest absolute Gasteiger partial charge is 0.178 e. The molecule has 0 spiro atoms. The molecule has 1 aromatic carbocycles. The molecule has 12 heavy (non-hydrogen) atoms.